The first-order chi connectivity index (χ1) is 6.18. The second kappa shape index (κ2) is 3.31. The number of fused-ring (bicyclic) bond motifs is 1. The first-order valence-corrected chi connectivity index (χ1v) is 5.03. The summed E-state index contributed by atoms with van der Waals surface area (Å²) >= 11 is 9.26. The van der Waals surface area contributed by atoms with Crippen molar-refractivity contribution in [2.24, 2.45) is 0 Å². The molecule has 0 unspecified atom stereocenters. The molecule has 0 atom stereocenters. The van der Waals surface area contributed by atoms with Crippen LogP contribution in [0.25, 0.3) is 0 Å². The highest BCUT2D eigenvalue weighted by Gasteiger charge is 2.21. The van der Waals surface area contributed by atoms with E-state index in [0.29, 0.717) is 23.6 Å². The minimum Gasteiger partial charge on any atom is -0.425 e. The summed E-state index contributed by atoms with van der Waals surface area (Å²) in [4.78, 5) is 11.0. The Labute approximate surface area is 89.0 Å². The molecule has 4 heteroatoms. The van der Waals surface area contributed by atoms with Crippen molar-refractivity contribution >= 4 is 33.5 Å². The van der Waals surface area contributed by atoms with Gasteiger partial charge < -0.3 is 4.74 Å². The molecule has 1 heterocycles. The summed E-state index contributed by atoms with van der Waals surface area (Å²) in [6.45, 7) is 0. The van der Waals surface area contributed by atoms with E-state index in [2.05, 4.69) is 15.9 Å². The van der Waals surface area contributed by atoms with Crippen molar-refractivity contribution in [1.29, 1.82) is 0 Å². The third kappa shape index (κ3) is 1.58. The molecule has 0 aliphatic carbocycles. The Hall–Kier alpha value is -0.540. The Morgan fingerprint density at radius 2 is 2.15 bits per heavy atom. The molecule has 0 N–H and O–H groups in total. The Balaban J connectivity index is 2.57. The molecule has 0 amide bonds. The third-order valence-electron chi connectivity index (χ3n) is 1.95. The Kier molecular flexibility index (Phi) is 2.30. The van der Waals surface area contributed by atoms with Crippen molar-refractivity contribution in [3.8, 4) is 5.75 Å². The molecule has 0 radical (unpaired) electrons. The maximum Gasteiger partial charge on any atom is 0.311 e. The quantitative estimate of drug-likeness (QED) is 0.530. The van der Waals surface area contributed by atoms with Gasteiger partial charge in [-0.3, -0.25) is 4.79 Å². The summed E-state index contributed by atoms with van der Waals surface area (Å²) in [5.41, 5.74) is 0.913. The van der Waals surface area contributed by atoms with E-state index >= 15 is 0 Å². The van der Waals surface area contributed by atoms with E-state index in [1.54, 1.807) is 12.1 Å². The number of carbonyl (C=O) groups excluding carboxylic acids is 1. The van der Waals surface area contributed by atoms with Crippen LogP contribution in [0.3, 0.4) is 0 Å². The SMILES string of the molecule is O=C1CCc2c(Cl)ccc(Br)c2O1. The van der Waals surface area contributed by atoms with Gasteiger partial charge in [0.05, 0.1) is 10.9 Å². The average molecular weight is 262 g/mol. The van der Waals surface area contributed by atoms with Gasteiger partial charge in [-0.2, -0.15) is 0 Å². The lowest BCUT2D eigenvalue weighted by Gasteiger charge is -2.17. The maximum absolute atomic E-state index is 11.0. The maximum atomic E-state index is 11.0. The molecule has 0 bridgehead atoms. The molecular formula is C9H6BrClO2. The molecular weight excluding hydrogens is 255 g/mol. The number of ether oxygens (including phenoxy) is 1. The molecule has 13 heavy (non-hydrogen) atoms. The second-order valence-corrected chi connectivity index (χ2v) is 4.07. The number of carbonyl (C=O) groups is 1. The Bertz CT molecular complexity index is 376. The van der Waals surface area contributed by atoms with E-state index in [9.17, 15) is 4.79 Å². The molecule has 0 fully saturated rings. The van der Waals surface area contributed by atoms with Crippen molar-refractivity contribution in [3.05, 3.63) is 27.2 Å². The summed E-state index contributed by atoms with van der Waals surface area (Å²) in [5, 5.41) is 0.658. The van der Waals surface area contributed by atoms with Crippen molar-refractivity contribution in [2.75, 3.05) is 0 Å². The Morgan fingerprint density at radius 1 is 1.38 bits per heavy atom. The van der Waals surface area contributed by atoms with Crippen molar-refractivity contribution < 1.29 is 9.53 Å². The highest BCUT2D eigenvalue weighted by Crippen LogP contribution is 2.37. The van der Waals surface area contributed by atoms with Gasteiger partial charge in [0, 0.05) is 10.6 Å². The molecule has 0 saturated heterocycles. The summed E-state index contributed by atoms with van der Waals surface area (Å²) in [6, 6.07) is 3.57. The first-order valence-electron chi connectivity index (χ1n) is 3.86. The fourth-order valence-corrected chi connectivity index (χ4v) is 2.01. The number of rotatable bonds is 0. The van der Waals surface area contributed by atoms with Gasteiger partial charge in [-0.1, -0.05) is 11.6 Å². The van der Waals surface area contributed by atoms with Gasteiger partial charge in [0.15, 0.2) is 0 Å². The van der Waals surface area contributed by atoms with Crippen LogP contribution >= 0.6 is 27.5 Å². The van der Waals surface area contributed by atoms with Crippen LogP contribution in [0.15, 0.2) is 16.6 Å². The van der Waals surface area contributed by atoms with Crippen LogP contribution < -0.4 is 4.74 Å². The number of hydrogen-bond acceptors (Lipinski definition) is 2. The second-order valence-electron chi connectivity index (χ2n) is 2.81. The molecule has 2 nitrogen and oxygen atoms in total. The highest BCUT2D eigenvalue weighted by atomic mass is 79.9. The molecule has 68 valence electrons. The van der Waals surface area contributed by atoms with E-state index in [4.69, 9.17) is 16.3 Å². The van der Waals surface area contributed by atoms with Crippen LogP contribution in [0, 0.1) is 0 Å². The van der Waals surface area contributed by atoms with Crippen LogP contribution in [0.2, 0.25) is 5.02 Å². The lowest BCUT2D eigenvalue weighted by molar-refractivity contribution is -0.135. The van der Waals surface area contributed by atoms with Gasteiger partial charge in [0.25, 0.3) is 0 Å². The van der Waals surface area contributed by atoms with E-state index in [1.807, 2.05) is 0 Å². The number of esters is 1. The number of hydrogen-bond donors (Lipinski definition) is 0. The minimum atomic E-state index is -0.199. The lowest BCUT2D eigenvalue weighted by Crippen LogP contribution is -2.16. The van der Waals surface area contributed by atoms with E-state index in [0.717, 1.165) is 10.0 Å². The van der Waals surface area contributed by atoms with Crippen molar-refractivity contribution in [1.82, 2.24) is 0 Å². The van der Waals surface area contributed by atoms with E-state index < -0.39 is 0 Å². The van der Waals surface area contributed by atoms with E-state index in [-0.39, 0.29) is 5.97 Å². The van der Waals surface area contributed by atoms with Gasteiger partial charge in [-0.25, -0.2) is 0 Å². The lowest BCUT2D eigenvalue weighted by atomic mass is 10.1. The first kappa shape index (κ1) is 9.03. The van der Waals surface area contributed by atoms with Crippen LogP contribution in [0.4, 0.5) is 0 Å². The normalized spacial score (nSPS) is 15.1. The topological polar surface area (TPSA) is 26.3 Å². The monoisotopic (exact) mass is 260 g/mol. The minimum absolute atomic E-state index is 0.199. The zero-order valence-corrected chi connectivity index (χ0v) is 8.98. The molecule has 0 aromatic heterocycles. The van der Waals surface area contributed by atoms with Crippen LogP contribution in [0.5, 0.6) is 5.75 Å². The van der Waals surface area contributed by atoms with Crippen LogP contribution in [-0.4, -0.2) is 5.97 Å². The predicted molar refractivity (Wildman–Crippen MR) is 53.1 cm³/mol. The average Bonchev–Trinajstić information content (AvgIpc) is 2.12. The smallest absolute Gasteiger partial charge is 0.311 e. The van der Waals surface area contributed by atoms with Crippen molar-refractivity contribution in [2.45, 2.75) is 12.8 Å². The van der Waals surface area contributed by atoms with Gasteiger partial charge in [0.1, 0.15) is 5.75 Å². The molecule has 0 saturated carbocycles. The summed E-state index contributed by atoms with van der Waals surface area (Å²) in [7, 11) is 0. The summed E-state index contributed by atoms with van der Waals surface area (Å²) in [5.74, 6) is 0.374. The largest absolute Gasteiger partial charge is 0.425 e. The molecule has 1 aromatic rings. The molecule has 0 spiro atoms. The van der Waals surface area contributed by atoms with Gasteiger partial charge in [-0.15, -0.1) is 0 Å². The van der Waals surface area contributed by atoms with Gasteiger partial charge in [-0.05, 0) is 34.5 Å². The molecule has 1 aromatic carbocycles. The fraction of sp³-hybridized carbons (Fsp3) is 0.222. The number of halogens is 2. The highest BCUT2D eigenvalue weighted by molar-refractivity contribution is 9.10. The molecule has 2 rings (SSSR count). The van der Waals surface area contributed by atoms with Crippen LogP contribution in [0.1, 0.15) is 12.0 Å². The number of benzene rings is 1. The standard InChI is InChI=1S/C9H6BrClO2/c10-6-2-3-7(11)5-1-4-8(12)13-9(5)6/h2-3H,1,4H2. The van der Waals surface area contributed by atoms with Crippen LogP contribution in [-0.2, 0) is 11.2 Å². The fourth-order valence-electron chi connectivity index (χ4n) is 1.31. The zero-order valence-electron chi connectivity index (χ0n) is 6.64. The summed E-state index contributed by atoms with van der Waals surface area (Å²) < 4.78 is 5.85. The summed E-state index contributed by atoms with van der Waals surface area (Å²) in [6.07, 6.45) is 1.07. The Morgan fingerprint density at radius 3 is 2.92 bits per heavy atom. The third-order valence-corrected chi connectivity index (χ3v) is 2.93. The van der Waals surface area contributed by atoms with Gasteiger partial charge >= 0.3 is 5.97 Å². The molecule has 1 aliphatic heterocycles. The predicted octanol–water partition coefficient (Wildman–Crippen LogP) is 2.95. The van der Waals surface area contributed by atoms with Crippen molar-refractivity contribution in [3.63, 3.8) is 0 Å². The molecule has 1 aliphatic rings. The van der Waals surface area contributed by atoms with Gasteiger partial charge in [0.2, 0.25) is 0 Å². The zero-order chi connectivity index (χ0) is 9.42. The van der Waals surface area contributed by atoms with E-state index in [1.165, 1.54) is 0 Å².